The second kappa shape index (κ2) is 14.9. The van der Waals surface area contributed by atoms with E-state index in [1.165, 1.54) is 23.7 Å². The number of nitrogens with one attached hydrogen (secondary N) is 4. The first-order chi connectivity index (χ1) is 18.4. The van der Waals surface area contributed by atoms with Gasteiger partial charge in [0.05, 0.1) is 30.6 Å². The van der Waals surface area contributed by atoms with Crippen LogP contribution in [-0.2, 0) is 36.5 Å². The van der Waals surface area contributed by atoms with Crippen LogP contribution in [0.5, 0.6) is 0 Å². The second-order valence-electron chi connectivity index (χ2n) is 8.99. The van der Waals surface area contributed by atoms with Crippen molar-refractivity contribution in [3.63, 3.8) is 0 Å². The van der Waals surface area contributed by atoms with E-state index in [1.807, 2.05) is 0 Å². The number of alkyl carbamates (subject to hydrolysis) is 1. The lowest BCUT2D eigenvalue weighted by molar-refractivity contribution is -0.142. The van der Waals surface area contributed by atoms with Gasteiger partial charge in [0.25, 0.3) is 0 Å². The number of benzene rings is 1. The van der Waals surface area contributed by atoms with Crippen LogP contribution in [0.3, 0.4) is 0 Å². The summed E-state index contributed by atoms with van der Waals surface area (Å²) in [6, 6.07) is 3.31. The summed E-state index contributed by atoms with van der Waals surface area (Å²) in [6.07, 6.45) is -5.40. The van der Waals surface area contributed by atoms with Crippen LogP contribution in [-0.4, -0.2) is 60.7 Å². The molecule has 0 spiro atoms. The largest absolute Gasteiger partial charge is 0.450 e. The molecule has 216 valence electrons. The number of carbonyl (C=O) groups excluding carboxylic acids is 5. The first-order valence-corrected chi connectivity index (χ1v) is 12.3. The fourth-order valence-corrected chi connectivity index (χ4v) is 4.26. The number of nitrogens with two attached hydrogens (primary N) is 1. The SMILES string of the molecule is NC(=O)CNC(=O)C1CCCCNC(=O)OCCC[C@H](C(=O)NO)C(Cc2ccccc2C(F)(F)F)C(=O)N1. The van der Waals surface area contributed by atoms with Crippen molar-refractivity contribution in [1.29, 1.82) is 0 Å². The molecule has 1 aliphatic heterocycles. The number of hydrogen-bond acceptors (Lipinski definition) is 7. The van der Waals surface area contributed by atoms with E-state index in [0.29, 0.717) is 12.8 Å². The Morgan fingerprint density at radius 1 is 1.08 bits per heavy atom. The summed E-state index contributed by atoms with van der Waals surface area (Å²) in [5, 5.41) is 16.6. The van der Waals surface area contributed by atoms with Crippen molar-refractivity contribution in [2.75, 3.05) is 19.7 Å². The van der Waals surface area contributed by atoms with E-state index in [-0.39, 0.29) is 38.0 Å². The molecule has 0 aromatic heterocycles. The van der Waals surface area contributed by atoms with Crippen molar-refractivity contribution in [3.8, 4) is 0 Å². The van der Waals surface area contributed by atoms with Crippen molar-refractivity contribution in [2.24, 2.45) is 17.6 Å². The summed E-state index contributed by atoms with van der Waals surface area (Å²) in [5.74, 6) is -6.38. The van der Waals surface area contributed by atoms with E-state index >= 15 is 0 Å². The summed E-state index contributed by atoms with van der Waals surface area (Å²) in [5.41, 5.74) is 5.23. The quantitative estimate of drug-likeness (QED) is 0.219. The fraction of sp³-hybridized carbons (Fsp3) is 0.542. The molecule has 1 heterocycles. The lowest BCUT2D eigenvalue weighted by Gasteiger charge is -2.28. The van der Waals surface area contributed by atoms with Crippen LogP contribution in [0.4, 0.5) is 18.0 Å². The van der Waals surface area contributed by atoms with Crippen molar-refractivity contribution in [3.05, 3.63) is 35.4 Å². The molecular formula is C24H32F3N5O7. The number of hydroxylamine groups is 1. The standard InChI is InChI=1S/C24H32F3N5O7/c25-24(26,27)17-8-2-1-6-14(17)12-16-15(21(35)32-38)7-5-11-39-23(37)29-10-4-3-9-18(31-20(16)34)22(36)30-13-19(28)33/h1-2,6,8,15-16,18,38H,3-5,7,9-13H2,(H2,28,33)(H,29,37)(H,30,36)(H,31,34)(H,32,35)/t15-,16?,18?/m0/s1. The molecule has 15 heteroatoms. The van der Waals surface area contributed by atoms with Gasteiger partial charge in [-0.1, -0.05) is 18.2 Å². The molecule has 5 amide bonds. The lowest BCUT2D eigenvalue weighted by Crippen LogP contribution is -2.52. The summed E-state index contributed by atoms with van der Waals surface area (Å²) < 4.78 is 46.1. The fourth-order valence-electron chi connectivity index (χ4n) is 4.26. The number of primary amides is 1. The third kappa shape index (κ3) is 10.1. The molecule has 1 fully saturated rings. The molecule has 12 nitrogen and oxygen atoms in total. The minimum Gasteiger partial charge on any atom is -0.450 e. The van der Waals surface area contributed by atoms with Gasteiger partial charge in [0.15, 0.2) is 0 Å². The molecule has 39 heavy (non-hydrogen) atoms. The van der Waals surface area contributed by atoms with E-state index in [9.17, 15) is 42.4 Å². The molecular weight excluding hydrogens is 527 g/mol. The van der Waals surface area contributed by atoms with Gasteiger partial charge in [0, 0.05) is 6.54 Å². The van der Waals surface area contributed by atoms with E-state index in [0.717, 1.165) is 6.07 Å². The molecule has 7 N–H and O–H groups in total. The number of alkyl halides is 3. The number of carbonyl (C=O) groups is 5. The predicted molar refractivity (Wildman–Crippen MR) is 129 cm³/mol. The molecule has 1 saturated heterocycles. The van der Waals surface area contributed by atoms with Crippen LogP contribution in [0, 0.1) is 11.8 Å². The normalized spacial score (nSPS) is 21.7. The first kappa shape index (κ1) is 31.3. The molecule has 0 bridgehead atoms. The van der Waals surface area contributed by atoms with Crippen LogP contribution < -0.4 is 27.2 Å². The van der Waals surface area contributed by atoms with Gasteiger partial charge in [-0.3, -0.25) is 24.4 Å². The number of ether oxygens (including phenoxy) is 1. The number of hydrogen-bond donors (Lipinski definition) is 6. The highest BCUT2D eigenvalue weighted by Crippen LogP contribution is 2.34. The third-order valence-electron chi connectivity index (χ3n) is 6.18. The zero-order valence-corrected chi connectivity index (χ0v) is 21.0. The number of cyclic esters (lactones) is 1. The Balaban J connectivity index is 2.47. The maximum Gasteiger partial charge on any atom is 0.416 e. The van der Waals surface area contributed by atoms with Crippen LogP contribution in [0.1, 0.15) is 43.2 Å². The Bertz CT molecular complexity index is 1040. The minimum atomic E-state index is -4.75. The summed E-state index contributed by atoms with van der Waals surface area (Å²) >= 11 is 0. The Labute approximate surface area is 222 Å². The van der Waals surface area contributed by atoms with Gasteiger partial charge in [-0.05, 0) is 50.2 Å². The molecule has 3 atom stereocenters. The molecule has 2 unspecified atom stereocenters. The van der Waals surface area contributed by atoms with E-state index in [4.69, 9.17) is 10.5 Å². The van der Waals surface area contributed by atoms with Crippen molar-refractivity contribution in [1.82, 2.24) is 21.4 Å². The molecule has 0 radical (unpaired) electrons. The average molecular weight is 560 g/mol. The van der Waals surface area contributed by atoms with Crippen molar-refractivity contribution >= 4 is 29.7 Å². The van der Waals surface area contributed by atoms with Crippen LogP contribution in [0.25, 0.3) is 0 Å². The highest BCUT2D eigenvalue weighted by atomic mass is 19.4. The zero-order valence-electron chi connectivity index (χ0n) is 21.0. The van der Waals surface area contributed by atoms with Crippen LogP contribution >= 0.6 is 0 Å². The first-order valence-electron chi connectivity index (χ1n) is 12.3. The second-order valence-corrected chi connectivity index (χ2v) is 8.99. The van der Waals surface area contributed by atoms with E-state index < -0.39 is 72.3 Å². The summed E-state index contributed by atoms with van der Waals surface area (Å²) in [4.78, 5) is 61.9. The monoisotopic (exact) mass is 559 g/mol. The highest BCUT2D eigenvalue weighted by Gasteiger charge is 2.39. The predicted octanol–water partition coefficient (Wildman–Crippen LogP) is 0.762. The maximum atomic E-state index is 13.7. The molecule has 2 rings (SSSR count). The minimum absolute atomic E-state index is 0.0375. The number of amides is 5. The number of halogens is 3. The lowest BCUT2D eigenvalue weighted by atomic mass is 9.81. The van der Waals surface area contributed by atoms with Gasteiger partial charge in [-0.25, -0.2) is 10.3 Å². The number of rotatable bonds is 6. The van der Waals surface area contributed by atoms with E-state index in [1.54, 1.807) is 0 Å². The van der Waals surface area contributed by atoms with Crippen molar-refractivity contribution in [2.45, 2.75) is 50.7 Å². The summed E-state index contributed by atoms with van der Waals surface area (Å²) in [6.45, 7) is -0.474. The Kier molecular flexibility index (Phi) is 12.0. The van der Waals surface area contributed by atoms with Gasteiger partial charge in [0.1, 0.15) is 6.04 Å². The molecule has 1 aromatic carbocycles. The maximum absolute atomic E-state index is 13.7. The smallest absolute Gasteiger partial charge is 0.416 e. The Morgan fingerprint density at radius 3 is 2.46 bits per heavy atom. The third-order valence-corrected chi connectivity index (χ3v) is 6.18. The zero-order chi connectivity index (χ0) is 29.0. The van der Waals surface area contributed by atoms with Gasteiger partial charge in [0.2, 0.25) is 23.6 Å². The van der Waals surface area contributed by atoms with Crippen molar-refractivity contribution < 1.29 is 47.1 Å². The van der Waals surface area contributed by atoms with E-state index in [2.05, 4.69) is 16.0 Å². The average Bonchev–Trinajstić information content (AvgIpc) is 2.89. The molecule has 1 aliphatic rings. The van der Waals surface area contributed by atoms with Gasteiger partial charge in [-0.15, -0.1) is 0 Å². The van der Waals surface area contributed by atoms with Gasteiger partial charge in [-0.2, -0.15) is 13.2 Å². The topological polar surface area (TPSA) is 189 Å². The highest BCUT2D eigenvalue weighted by molar-refractivity contribution is 5.92. The Hall–Kier alpha value is -3.88. The van der Waals surface area contributed by atoms with Gasteiger partial charge >= 0.3 is 12.3 Å². The summed E-state index contributed by atoms with van der Waals surface area (Å²) in [7, 11) is 0. The van der Waals surface area contributed by atoms with Crippen LogP contribution in [0.15, 0.2) is 24.3 Å². The molecule has 0 aliphatic carbocycles. The Morgan fingerprint density at radius 2 is 1.79 bits per heavy atom. The molecule has 0 saturated carbocycles. The molecule has 1 aromatic rings. The van der Waals surface area contributed by atoms with Gasteiger partial charge < -0.3 is 26.4 Å². The van der Waals surface area contributed by atoms with Crippen LogP contribution in [0.2, 0.25) is 0 Å².